The number of benzene rings is 1. The van der Waals surface area contributed by atoms with Crippen molar-refractivity contribution in [3.8, 4) is 0 Å². The summed E-state index contributed by atoms with van der Waals surface area (Å²) in [6.45, 7) is 1.34. The molecule has 0 saturated heterocycles. The molecule has 6 nitrogen and oxygen atoms in total. The van der Waals surface area contributed by atoms with Crippen LogP contribution in [-0.4, -0.2) is 44.4 Å². The van der Waals surface area contributed by atoms with Gasteiger partial charge in [-0.3, -0.25) is 9.79 Å². The van der Waals surface area contributed by atoms with E-state index < -0.39 is 12.8 Å². The van der Waals surface area contributed by atoms with E-state index in [1.54, 1.807) is 25.2 Å². The summed E-state index contributed by atoms with van der Waals surface area (Å²) >= 11 is 0. The zero-order chi connectivity index (χ0) is 22.0. The average Bonchev–Trinajstić information content (AvgIpc) is 2.71. The number of alkyl halides is 3. The minimum absolute atomic E-state index is 0. The summed E-state index contributed by atoms with van der Waals surface area (Å²) in [7, 11) is 1.68. The van der Waals surface area contributed by atoms with Crippen LogP contribution in [0.4, 0.5) is 13.2 Å². The molecule has 0 spiro atoms. The van der Waals surface area contributed by atoms with E-state index >= 15 is 0 Å². The van der Waals surface area contributed by atoms with Crippen molar-refractivity contribution in [1.29, 1.82) is 0 Å². The van der Waals surface area contributed by atoms with Gasteiger partial charge in [0.25, 0.3) is 0 Å². The summed E-state index contributed by atoms with van der Waals surface area (Å²) in [6.07, 6.45) is -1.04. The molecule has 0 heterocycles. The molecule has 0 aliphatic heterocycles. The summed E-state index contributed by atoms with van der Waals surface area (Å²) in [5, 5.41) is 6.59. The van der Waals surface area contributed by atoms with E-state index in [9.17, 15) is 18.0 Å². The van der Waals surface area contributed by atoms with Gasteiger partial charge in [-0.25, -0.2) is 0 Å². The Bertz CT molecular complexity index is 709. The zero-order valence-corrected chi connectivity index (χ0v) is 20.2. The van der Waals surface area contributed by atoms with Crippen LogP contribution < -0.4 is 10.6 Å². The first-order valence-electron chi connectivity index (χ1n) is 10.2. The average molecular weight is 557 g/mol. The maximum Gasteiger partial charge on any atom is 0.411 e. The summed E-state index contributed by atoms with van der Waals surface area (Å²) < 4.78 is 46.4. The Kier molecular flexibility index (Phi) is 12.2. The number of guanidine groups is 1. The van der Waals surface area contributed by atoms with Gasteiger partial charge in [0.15, 0.2) is 5.96 Å². The third-order valence-corrected chi connectivity index (χ3v) is 4.90. The van der Waals surface area contributed by atoms with Gasteiger partial charge in [-0.05, 0) is 43.7 Å². The molecule has 2 N–H and O–H groups in total. The Hall–Kier alpha value is -1.56. The molecule has 1 aromatic carbocycles. The Morgan fingerprint density at radius 1 is 1.19 bits per heavy atom. The van der Waals surface area contributed by atoms with E-state index in [4.69, 9.17) is 9.47 Å². The number of ether oxygens (including phenoxy) is 2. The highest BCUT2D eigenvalue weighted by Gasteiger charge is 2.28. The van der Waals surface area contributed by atoms with E-state index in [0.717, 1.165) is 31.2 Å². The molecular formula is C21H31F3IN3O3. The Morgan fingerprint density at radius 3 is 2.48 bits per heavy atom. The van der Waals surface area contributed by atoms with Crippen molar-refractivity contribution in [2.45, 2.75) is 58.0 Å². The molecular weight excluding hydrogens is 526 g/mol. The minimum atomic E-state index is -4.33. The molecule has 10 heteroatoms. The fraction of sp³-hybridized carbons (Fsp3) is 0.619. The first-order chi connectivity index (χ1) is 14.3. The fourth-order valence-electron chi connectivity index (χ4n) is 3.42. The van der Waals surface area contributed by atoms with Gasteiger partial charge in [0.05, 0.1) is 19.1 Å². The van der Waals surface area contributed by atoms with E-state index in [2.05, 4.69) is 15.6 Å². The molecule has 1 aliphatic rings. The van der Waals surface area contributed by atoms with Gasteiger partial charge in [-0.15, -0.1) is 24.0 Å². The van der Waals surface area contributed by atoms with Crippen LogP contribution in [-0.2, 0) is 27.4 Å². The molecule has 2 rings (SSSR count). The maximum absolute atomic E-state index is 12.2. The van der Waals surface area contributed by atoms with Crippen molar-refractivity contribution in [3.63, 3.8) is 0 Å². The smallest absolute Gasteiger partial charge is 0.411 e. The number of esters is 1. The lowest BCUT2D eigenvalue weighted by Crippen LogP contribution is -2.45. The van der Waals surface area contributed by atoms with E-state index in [0.29, 0.717) is 24.7 Å². The van der Waals surface area contributed by atoms with Gasteiger partial charge in [-0.1, -0.05) is 24.3 Å². The third kappa shape index (κ3) is 10.5. The Morgan fingerprint density at radius 2 is 1.87 bits per heavy atom. The number of rotatable bonds is 8. The number of nitrogens with zero attached hydrogens (tertiary/aromatic N) is 1. The molecule has 1 fully saturated rings. The molecule has 0 amide bonds. The van der Waals surface area contributed by atoms with E-state index in [-0.39, 0.29) is 48.5 Å². The molecule has 31 heavy (non-hydrogen) atoms. The van der Waals surface area contributed by atoms with Crippen LogP contribution in [0.1, 0.15) is 43.7 Å². The fourth-order valence-corrected chi connectivity index (χ4v) is 3.42. The van der Waals surface area contributed by atoms with Crippen molar-refractivity contribution < 1.29 is 27.4 Å². The number of hydrogen-bond acceptors (Lipinski definition) is 4. The molecule has 0 radical (unpaired) electrons. The lowest BCUT2D eigenvalue weighted by atomic mass is 9.86. The Balaban J connectivity index is 0.00000480. The van der Waals surface area contributed by atoms with Crippen LogP contribution in [0.15, 0.2) is 29.3 Å². The van der Waals surface area contributed by atoms with Crippen LogP contribution in [0, 0.1) is 5.92 Å². The number of hydrogen-bond donors (Lipinski definition) is 2. The van der Waals surface area contributed by atoms with Gasteiger partial charge in [0.2, 0.25) is 0 Å². The van der Waals surface area contributed by atoms with Crippen LogP contribution in [0.3, 0.4) is 0 Å². The highest BCUT2D eigenvalue weighted by Crippen LogP contribution is 2.25. The minimum Gasteiger partial charge on any atom is -0.466 e. The van der Waals surface area contributed by atoms with Gasteiger partial charge in [0, 0.05) is 19.6 Å². The molecule has 0 atom stereocenters. The van der Waals surface area contributed by atoms with Crippen molar-refractivity contribution in [2.24, 2.45) is 10.9 Å². The Labute approximate surface area is 198 Å². The molecule has 1 saturated carbocycles. The normalized spacial score (nSPS) is 19.3. The number of carbonyl (C=O) groups excluding carboxylic acids is 1. The first-order valence-corrected chi connectivity index (χ1v) is 10.2. The van der Waals surface area contributed by atoms with Crippen LogP contribution >= 0.6 is 24.0 Å². The molecule has 0 bridgehead atoms. The van der Waals surface area contributed by atoms with E-state index in [1.807, 2.05) is 13.0 Å². The van der Waals surface area contributed by atoms with Gasteiger partial charge >= 0.3 is 12.1 Å². The molecule has 1 aromatic rings. The lowest BCUT2D eigenvalue weighted by molar-refractivity contribution is -0.176. The summed E-state index contributed by atoms with van der Waals surface area (Å²) in [6, 6.07) is 7.44. The predicted octanol–water partition coefficient (Wildman–Crippen LogP) is 4.17. The molecule has 1 aliphatic carbocycles. The van der Waals surface area contributed by atoms with Gasteiger partial charge in [-0.2, -0.15) is 13.2 Å². The second kappa shape index (κ2) is 13.8. The monoisotopic (exact) mass is 557 g/mol. The molecule has 0 aromatic heterocycles. The van der Waals surface area contributed by atoms with Crippen molar-refractivity contribution in [3.05, 3.63) is 35.4 Å². The number of carbonyl (C=O) groups is 1. The largest absolute Gasteiger partial charge is 0.466 e. The van der Waals surface area contributed by atoms with Crippen LogP contribution in [0.5, 0.6) is 0 Å². The number of aliphatic imine (C=N–C) groups is 1. The van der Waals surface area contributed by atoms with Gasteiger partial charge < -0.3 is 20.1 Å². The third-order valence-electron chi connectivity index (χ3n) is 4.90. The second-order valence-corrected chi connectivity index (χ2v) is 7.30. The maximum atomic E-state index is 12.2. The quantitative estimate of drug-likeness (QED) is 0.217. The summed E-state index contributed by atoms with van der Waals surface area (Å²) in [4.78, 5) is 16.1. The van der Waals surface area contributed by atoms with Gasteiger partial charge in [0.1, 0.15) is 6.61 Å². The van der Waals surface area contributed by atoms with E-state index in [1.165, 1.54) is 0 Å². The predicted molar refractivity (Wildman–Crippen MR) is 123 cm³/mol. The SMILES string of the molecule is CCOC(=O)C1CCC(NC(=NC)NCc2cccc(COCC(F)(F)F)c2)CC1.I. The second-order valence-electron chi connectivity index (χ2n) is 7.30. The standard InChI is InChI=1S/C21H30F3N3O3.HI/c1-3-30-19(28)17-7-9-18(10-8-17)27-20(25-2)26-12-15-5-4-6-16(11-15)13-29-14-21(22,23)24;/h4-6,11,17-18H,3,7-10,12-14H2,1-2H3,(H2,25,26,27);1H. The number of nitrogens with one attached hydrogen (secondary N) is 2. The summed E-state index contributed by atoms with van der Waals surface area (Å²) in [5.41, 5.74) is 1.59. The zero-order valence-electron chi connectivity index (χ0n) is 17.8. The topological polar surface area (TPSA) is 72.0 Å². The van der Waals surface area contributed by atoms with Crippen molar-refractivity contribution in [1.82, 2.24) is 10.6 Å². The van der Waals surface area contributed by atoms with Crippen molar-refractivity contribution in [2.75, 3.05) is 20.3 Å². The van der Waals surface area contributed by atoms with Crippen LogP contribution in [0.2, 0.25) is 0 Å². The molecule has 0 unspecified atom stereocenters. The highest BCUT2D eigenvalue weighted by atomic mass is 127. The highest BCUT2D eigenvalue weighted by molar-refractivity contribution is 14.0. The number of halogens is 4. The first kappa shape index (κ1) is 27.5. The van der Waals surface area contributed by atoms with Crippen LogP contribution in [0.25, 0.3) is 0 Å². The molecule has 176 valence electrons. The summed E-state index contributed by atoms with van der Waals surface area (Å²) in [5.74, 6) is 0.506. The lowest BCUT2D eigenvalue weighted by Gasteiger charge is -2.29. The van der Waals surface area contributed by atoms with Crippen molar-refractivity contribution >= 4 is 35.9 Å².